The van der Waals surface area contributed by atoms with Crippen LogP contribution in [0, 0.1) is 16.7 Å². The number of allylic oxidation sites excluding steroid dienone is 2. The average molecular weight is 307 g/mol. The normalized spacial score (nSPS) is 32.0. The Morgan fingerprint density at radius 1 is 1.09 bits per heavy atom. The maximum absolute atomic E-state index is 3.46. The van der Waals surface area contributed by atoms with E-state index in [0.29, 0.717) is 10.8 Å². The third-order valence-electron chi connectivity index (χ3n) is 7.12. The molecule has 1 aliphatic heterocycles. The summed E-state index contributed by atoms with van der Waals surface area (Å²) in [6, 6.07) is 9.07. The zero-order chi connectivity index (χ0) is 16.1. The van der Waals surface area contributed by atoms with Crippen molar-refractivity contribution in [1.29, 1.82) is 0 Å². The van der Waals surface area contributed by atoms with E-state index in [-0.39, 0.29) is 0 Å². The van der Waals surface area contributed by atoms with Crippen LogP contribution in [0.5, 0.6) is 0 Å². The van der Waals surface area contributed by atoms with Crippen LogP contribution in [0.25, 0.3) is 11.6 Å². The van der Waals surface area contributed by atoms with Gasteiger partial charge in [0.2, 0.25) is 0 Å². The molecule has 2 aliphatic carbocycles. The molecule has 4 rings (SSSR count). The quantitative estimate of drug-likeness (QED) is 0.782. The van der Waals surface area contributed by atoms with Gasteiger partial charge < -0.3 is 5.32 Å². The molecule has 2 bridgehead atoms. The monoisotopic (exact) mass is 307 g/mol. The van der Waals surface area contributed by atoms with Gasteiger partial charge in [-0.2, -0.15) is 0 Å². The van der Waals surface area contributed by atoms with Crippen molar-refractivity contribution in [3.8, 4) is 0 Å². The van der Waals surface area contributed by atoms with E-state index in [9.17, 15) is 0 Å². The van der Waals surface area contributed by atoms with E-state index in [0.717, 1.165) is 19.0 Å². The highest BCUT2D eigenvalue weighted by Crippen LogP contribution is 2.67. The first-order valence-electron chi connectivity index (χ1n) is 9.24. The Balaban J connectivity index is 1.75. The summed E-state index contributed by atoms with van der Waals surface area (Å²) >= 11 is 0. The van der Waals surface area contributed by atoms with Gasteiger partial charge in [0.25, 0.3) is 0 Å². The highest BCUT2D eigenvalue weighted by atomic mass is 14.9. The van der Waals surface area contributed by atoms with Crippen molar-refractivity contribution in [2.24, 2.45) is 16.7 Å². The molecular weight excluding hydrogens is 278 g/mol. The van der Waals surface area contributed by atoms with Crippen LogP contribution in [0.2, 0.25) is 0 Å². The Kier molecular flexibility index (Phi) is 3.53. The van der Waals surface area contributed by atoms with Gasteiger partial charge in [-0.15, -0.1) is 0 Å². The van der Waals surface area contributed by atoms with Crippen LogP contribution >= 0.6 is 0 Å². The van der Waals surface area contributed by atoms with Crippen molar-refractivity contribution in [3.05, 3.63) is 47.0 Å². The van der Waals surface area contributed by atoms with Gasteiger partial charge in [-0.25, -0.2) is 0 Å². The topological polar surface area (TPSA) is 12.0 Å². The molecule has 0 spiro atoms. The fourth-order valence-corrected chi connectivity index (χ4v) is 5.06. The number of piperidine rings is 1. The molecule has 1 aromatic rings. The van der Waals surface area contributed by atoms with E-state index < -0.39 is 0 Å². The van der Waals surface area contributed by atoms with Gasteiger partial charge in [0.1, 0.15) is 0 Å². The molecule has 2 atom stereocenters. The zero-order valence-corrected chi connectivity index (χ0v) is 14.8. The van der Waals surface area contributed by atoms with Crippen LogP contribution < -0.4 is 5.32 Å². The highest BCUT2D eigenvalue weighted by molar-refractivity contribution is 5.81. The van der Waals surface area contributed by atoms with Crippen molar-refractivity contribution in [1.82, 2.24) is 5.32 Å². The molecule has 1 unspecified atom stereocenters. The second-order valence-corrected chi connectivity index (χ2v) is 8.42. The number of hydrogen-bond acceptors (Lipinski definition) is 1. The predicted molar refractivity (Wildman–Crippen MR) is 99.1 cm³/mol. The van der Waals surface area contributed by atoms with Crippen LogP contribution in [0.15, 0.2) is 35.9 Å². The van der Waals surface area contributed by atoms with Crippen LogP contribution in [0.1, 0.15) is 57.6 Å². The fourth-order valence-electron chi connectivity index (χ4n) is 5.06. The van der Waals surface area contributed by atoms with Gasteiger partial charge in [-0.05, 0) is 72.2 Å². The standard InChI is InChI=1S/C22H29N/c1-21(2)18-8-11-22(21,3)20(15-18)19-7-5-4-6-17(19)14-16-9-12-23-13-10-16/h4-7,14-15,18,23H,8-13H2,1-3H3/t18?,22-/m0/s1. The molecular formula is C22H29N. The predicted octanol–water partition coefficient (Wildman–Crippen LogP) is 5.29. The largest absolute Gasteiger partial charge is 0.316 e. The lowest BCUT2D eigenvalue weighted by Crippen LogP contribution is -2.29. The summed E-state index contributed by atoms with van der Waals surface area (Å²) in [6.07, 6.45) is 10.2. The Morgan fingerprint density at radius 3 is 2.48 bits per heavy atom. The molecule has 1 nitrogen and oxygen atoms in total. The Morgan fingerprint density at radius 2 is 1.83 bits per heavy atom. The van der Waals surface area contributed by atoms with Crippen molar-refractivity contribution >= 4 is 11.6 Å². The lowest BCUT2D eigenvalue weighted by atomic mass is 9.66. The summed E-state index contributed by atoms with van der Waals surface area (Å²) in [5, 5.41) is 3.46. The molecule has 1 saturated heterocycles. The second-order valence-electron chi connectivity index (χ2n) is 8.42. The van der Waals surface area contributed by atoms with Crippen LogP contribution in [-0.2, 0) is 0 Å². The van der Waals surface area contributed by atoms with Gasteiger partial charge >= 0.3 is 0 Å². The third-order valence-corrected chi connectivity index (χ3v) is 7.12. The minimum absolute atomic E-state index is 0.334. The number of nitrogens with one attached hydrogen (secondary N) is 1. The maximum atomic E-state index is 3.46. The molecule has 2 fully saturated rings. The van der Waals surface area contributed by atoms with Crippen LogP contribution in [-0.4, -0.2) is 13.1 Å². The summed E-state index contributed by atoms with van der Waals surface area (Å²) in [4.78, 5) is 0. The average Bonchev–Trinajstić information content (AvgIpc) is 2.89. The first kappa shape index (κ1) is 15.2. The van der Waals surface area contributed by atoms with Crippen molar-refractivity contribution in [2.45, 2.75) is 46.5 Å². The minimum atomic E-state index is 0.334. The second kappa shape index (κ2) is 5.34. The van der Waals surface area contributed by atoms with E-state index in [2.05, 4.69) is 62.5 Å². The first-order valence-corrected chi connectivity index (χ1v) is 9.24. The molecule has 0 aromatic heterocycles. The Labute approximate surface area is 140 Å². The summed E-state index contributed by atoms with van der Waals surface area (Å²) in [6.45, 7) is 9.71. The highest BCUT2D eigenvalue weighted by Gasteiger charge is 2.57. The van der Waals surface area contributed by atoms with Crippen LogP contribution in [0.4, 0.5) is 0 Å². The number of fused-ring (bicyclic) bond motifs is 2. The van der Waals surface area contributed by atoms with E-state index in [1.165, 1.54) is 36.8 Å². The van der Waals surface area contributed by atoms with Gasteiger partial charge in [0, 0.05) is 0 Å². The smallest absolute Gasteiger partial charge is 0.00113 e. The molecule has 122 valence electrons. The minimum Gasteiger partial charge on any atom is -0.316 e. The Hall–Kier alpha value is -1.34. The van der Waals surface area contributed by atoms with Crippen LogP contribution in [0.3, 0.4) is 0 Å². The summed E-state index contributed by atoms with van der Waals surface area (Å²) < 4.78 is 0. The molecule has 1 heterocycles. The van der Waals surface area contributed by atoms with Gasteiger partial charge in [0.15, 0.2) is 0 Å². The van der Waals surface area contributed by atoms with Crippen molar-refractivity contribution in [2.75, 3.05) is 13.1 Å². The number of rotatable bonds is 2. The van der Waals surface area contributed by atoms with E-state index >= 15 is 0 Å². The number of hydrogen-bond donors (Lipinski definition) is 1. The SMILES string of the molecule is CC1(C)C2C=C(c3ccccc3C=C3CCNCC3)[C@]1(C)CC2. The van der Waals surface area contributed by atoms with E-state index in [4.69, 9.17) is 0 Å². The molecule has 1 saturated carbocycles. The molecule has 23 heavy (non-hydrogen) atoms. The van der Waals surface area contributed by atoms with Crippen molar-refractivity contribution < 1.29 is 0 Å². The first-order chi connectivity index (χ1) is 11.0. The van der Waals surface area contributed by atoms with Gasteiger partial charge in [-0.1, -0.05) is 62.8 Å². The zero-order valence-electron chi connectivity index (χ0n) is 14.8. The third kappa shape index (κ3) is 2.24. The molecule has 1 aromatic carbocycles. The molecule has 1 N–H and O–H groups in total. The van der Waals surface area contributed by atoms with Crippen molar-refractivity contribution in [3.63, 3.8) is 0 Å². The lowest BCUT2D eigenvalue weighted by Gasteiger charge is -2.38. The number of benzene rings is 1. The van der Waals surface area contributed by atoms with Gasteiger partial charge in [0.05, 0.1) is 0 Å². The Bertz CT molecular complexity index is 671. The lowest BCUT2D eigenvalue weighted by molar-refractivity contribution is 0.189. The molecule has 3 aliphatic rings. The fraction of sp³-hybridized carbons (Fsp3) is 0.545. The molecule has 0 radical (unpaired) electrons. The molecule has 1 heteroatoms. The summed E-state index contributed by atoms with van der Waals surface area (Å²) in [7, 11) is 0. The van der Waals surface area contributed by atoms with E-state index in [1.54, 1.807) is 11.1 Å². The maximum Gasteiger partial charge on any atom is -0.00113 e. The summed E-state index contributed by atoms with van der Waals surface area (Å²) in [5.74, 6) is 0.752. The summed E-state index contributed by atoms with van der Waals surface area (Å²) in [5.41, 5.74) is 6.86. The van der Waals surface area contributed by atoms with E-state index in [1.807, 2.05) is 0 Å². The van der Waals surface area contributed by atoms with Gasteiger partial charge in [-0.3, -0.25) is 0 Å². The molecule has 0 amide bonds.